The molecule has 0 bridgehead atoms. The van der Waals surface area contributed by atoms with E-state index in [1.165, 1.54) is 12.1 Å². The Balaban J connectivity index is 2.37. The summed E-state index contributed by atoms with van der Waals surface area (Å²) in [5.74, 6) is 1.65. The van der Waals surface area contributed by atoms with Gasteiger partial charge in [-0.05, 0) is 39.0 Å². The maximum Gasteiger partial charge on any atom is 0.139 e. The number of aromatic nitrogens is 2. The first-order valence-corrected chi connectivity index (χ1v) is 6.69. The van der Waals surface area contributed by atoms with Crippen molar-refractivity contribution in [3.05, 3.63) is 40.4 Å². The summed E-state index contributed by atoms with van der Waals surface area (Å²) in [7, 11) is 0. The third kappa shape index (κ3) is 3.36. The van der Waals surface area contributed by atoms with Gasteiger partial charge in [-0.25, -0.2) is 14.4 Å². The molecule has 106 valence electrons. The molecule has 0 saturated heterocycles. The van der Waals surface area contributed by atoms with Crippen LogP contribution in [-0.2, 0) is 0 Å². The minimum Gasteiger partial charge on any atom is -0.370 e. The lowest BCUT2D eigenvalue weighted by Crippen LogP contribution is -2.07. The van der Waals surface area contributed by atoms with Crippen LogP contribution in [0.3, 0.4) is 0 Å². The van der Waals surface area contributed by atoms with E-state index in [2.05, 4.69) is 20.6 Å². The fourth-order valence-corrected chi connectivity index (χ4v) is 2.07. The van der Waals surface area contributed by atoms with E-state index in [1.54, 1.807) is 6.07 Å². The van der Waals surface area contributed by atoms with Crippen LogP contribution in [0.1, 0.15) is 18.3 Å². The van der Waals surface area contributed by atoms with Crippen LogP contribution < -0.4 is 10.6 Å². The van der Waals surface area contributed by atoms with Crippen LogP contribution in [0.4, 0.5) is 21.7 Å². The number of anilines is 3. The minimum absolute atomic E-state index is 0.336. The van der Waals surface area contributed by atoms with E-state index < -0.39 is 5.82 Å². The van der Waals surface area contributed by atoms with E-state index in [9.17, 15) is 4.39 Å². The van der Waals surface area contributed by atoms with Crippen molar-refractivity contribution in [2.75, 3.05) is 17.2 Å². The van der Waals surface area contributed by atoms with Crippen molar-refractivity contribution in [2.45, 2.75) is 20.8 Å². The Morgan fingerprint density at radius 3 is 2.50 bits per heavy atom. The number of hydrogen-bond acceptors (Lipinski definition) is 4. The Bertz CT molecular complexity index is 611. The Morgan fingerprint density at radius 1 is 1.15 bits per heavy atom. The molecule has 6 heteroatoms. The highest BCUT2D eigenvalue weighted by molar-refractivity contribution is 6.30. The molecule has 1 aromatic heterocycles. The highest BCUT2D eigenvalue weighted by atomic mass is 35.5. The van der Waals surface area contributed by atoms with Crippen LogP contribution in [0.2, 0.25) is 5.02 Å². The fourth-order valence-electron chi connectivity index (χ4n) is 1.85. The summed E-state index contributed by atoms with van der Waals surface area (Å²) in [4.78, 5) is 8.68. The zero-order valence-corrected chi connectivity index (χ0v) is 12.3. The van der Waals surface area contributed by atoms with E-state index in [0.717, 1.165) is 17.9 Å². The van der Waals surface area contributed by atoms with Crippen LogP contribution in [0.15, 0.2) is 18.2 Å². The van der Waals surface area contributed by atoms with Crippen molar-refractivity contribution in [2.24, 2.45) is 0 Å². The molecular weight excluding hydrogens is 279 g/mol. The second-order valence-corrected chi connectivity index (χ2v) is 4.84. The van der Waals surface area contributed by atoms with Crippen molar-refractivity contribution in [1.29, 1.82) is 0 Å². The van der Waals surface area contributed by atoms with E-state index in [0.29, 0.717) is 22.4 Å². The van der Waals surface area contributed by atoms with Crippen molar-refractivity contribution in [3.8, 4) is 0 Å². The smallest absolute Gasteiger partial charge is 0.139 e. The van der Waals surface area contributed by atoms with Gasteiger partial charge in [0.15, 0.2) is 0 Å². The SMILES string of the molecule is CCNc1nc(C)nc(Nc2cc(F)cc(Cl)c2)c1C. The summed E-state index contributed by atoms with van der Waals surface area (Å²) >= 11 is 5.84. The van der Waals surface area contributed by atoms with Gasteiger partial charge in [-0.15, -0.1) is 0 Å². The lowest BCUT2D eigenvalue weighted by atomic mass is 10.2. The summed E-state index contributed by atoms with van der Waals surface area (Å²) in [6.45, 7) is 6.48. The summed E-state index contributed by atoms with van der Waals surface area (Å²) in [6, 6.07) is 4.28. The third-order valence-corrected chi connectivity index (χ3v) is 2.95. The second kappa shape index (κ2) is 6.05. The normalized spacial score (nSPS) is 10.4. The van der Waals surface area contributed by atoms with Crippen molar-refractivity contribution in [1.82, 2.24) is 9.97 Å². The number of aryl methyl sites for hydroxylation is 1. The molecule has 0 saturated carbocycles. The average molecular weight is 295 g/mol. The van der Waals surface area contributed by atoms with E-state index in [4.69, 9.17) is 11.6 Å². The molecular formula is C14H16ClFN4. The Morgan fingerprint density at radius 2 is 1.85 bits per heavy atom. The summed E-state index contributed by atoms with van der Waals surface area (Å²) in [5.41, 5.74) is 1.43. The summed E-state index contributed by atoms with van der Waals surface area (Å²) in [5, 5.41) is 6.59. The predicted molar refractivity (Wildman–Crippen MR) is 80.4 cm³/mol. The van der Waals surface area contributed by atoms with Gasteiger partial charge in [0.1, 0.15) is 23.3 Å². The zero-order chi connectivity index (χ0) is 14.7. The first-order chi connectivity index (χ1) is 9.49. The predicted octanol–water partition coefficient (Wildman–Crippen LogP) is 4.06. The largest absolute Gasteiger partial charge is 0.370 e. The van der Waals surface area contributed by atoms with Gasteiger partial charge < -0.3 is 10.6 Å². The standard InChI is InChI=1S/C14H16ClFN4/c1-4-17-13-8(2)14(19-9(3)18-13)20-12-6-10(15)5-11(16)7-12/h5-7H,4H2,1-3H3,(H2,17,18,19,20). The van der Waals surface area contributed by atoms with E-state index in [-0.39, 0.29) is 0 Å². The number of nitrogens with one attached hydrogen (secondary N) is 2. The molecule has 2 aromatic rings. The Kier molecular flexibility index (Phi) is 4.39. The van der Waals surface area contributed by atoms with E-state index >= 15 is 0 Å². The number of nitrogens with zero attached hydrogens (tertiary/aromatic N) is 2. The Hall–Kier alpha value is -1.88. The second-order valence-electron chi connectivity index (χ2n) is 4.41. The van der Waals surface area contributed by atoms with Crippen molar-refractivity contribution >= 4 is 28.9 Å². The van der Waals surface area contributed by atoms with Crippen LogP contribution in [0, 0.1) is 19.7 Å². The molecule has 0 unspecified atom stereocenters. The quantitative estimate of drug-likeness (QED) is 0.893. The molecule has 0 aliphatic carbocycles. The molecule has 2 rings (SSSR count). The molecule has 0 atom stereocenters. The van der Waals surface area contributed by atoms with Crippen molar-refractivity contribution in [3.63, 3.8) is 0 Å². The average Bonchev–Trinajstić information content (AvgIpc) is 2.34. The molecule has 0 radical (unpaired) electrons. The van der Waals surface area contributed by atoms with Gasteiger partial charge in [-0.1, -0.05) is 11.6 Å². The number of benzene rings is 1. The summed E-state index contributed by atoms with van der Waals surface area (Å²) in [6.07, 6.45) is 0. The molecule has 2 N–H and O–H groups in total. The summed E-state index contributed by atoms with van der Waals surface area (Å²) < 4.78 is 13.3. The minimum atomic E-state index is -0.393. The van der Waals surface area contributed by atoms with Crippen LogP contribution in [-0.4, -0.2) is 16.5 Å². The van der Waals surface area contributed by atoms with Gasteiger partial charge in [0.2, 0.25) is 0 Å². The molecule has 20 heavy (non-hydrogen) atoms. The zero-order valence-electron chi connectivity index (χ0n) is 11.6. The monoisotopic (exact) mass is 294 g/mol. The van der Waals surface area contributed by atoms with Crippen LogP contribution in [0.5, 0.6) is 0 Å². The fraction of sp³-hybridized carbons (Fsp3) is 0.286. The molecule has 0 spiro atoms. The molecule has 0 fully saturated rings. The molecule has 1 heterocycles. The lowest BCUT2D eigenvalue weighted by Gasteiger charge is -2.13. The number of hydrogen-bond donors (Lipinski definition) is 2. The van der Waals surface area contributed by atoms with Crippen LogP contribution >= 0.6 is 11.6 Å². The van der Waals surface area contributed by atoms with Gasteiger partial charge in [0.25, 0.3) is 0 Å². The maximum atomic E-state index is 13.3. The maximum absolute atomic E-state index is 13.3. The van der Waals surface area contributed by atoms with Gasteiger partial charge in [-0.3, -0.25) is 0 Å². The molecule has 0 aliphatic heterocycles. The number of halogens is 2. The third-order valence-electron chi connectivity index (χ3n) is 2.73. The first kappa shape index (κ1) is 14.5. The number of rotatable bonds is 4. The molecule has 1 aromatic carbocycles. The van der Waals surface area contributed by atoms with Gasteiger partial charge >= 0.3 is 0 Å². The highest BCUT2D eigenvalue weighted by Crippen LogP contribution is 2.25. The highest BCUT2D eigenvalue weighted by Gasteiger charge is 2.09. The molecule has 0 amide bonds. The van der Waals surface area contributed by atoms with Gasteiger partial charge in [-0.2, -0.15) is 0 Å². The van der Waals surface area contributed by atoms with Gasteiger partial charge in [0.05, 0.1) is 0 Å². The first-order valence-electron chi connectivity index (χ1n) is 6.32. The van der Waals surface area contributed by atoms with Crippen LogP contribution in [0.25, 0.3) is 0 Å². The Labute approximate surface area is 122 Å². The van der Waals surface area contributed by atoms with Crippen molar-refractivity contribution < 1.29 is 4.39 Å². The molecule has 4 nitrogen and oxygen atoms in total. The lowest BCUT2D eigenvalue weighted by molar-refractivity contribution is 0.628. The van der Waals surface area contributed by atoms with E-state index in [1.807, 2.05) is 20.8 Å². The topological polar surface area (TPSA) is 49.8 Å². The molecule has 0 aliphatic rings. The van der Waals surface area contributed by atoms with Gasteiger partial charge in [0, 0.05) is 22.8 Å².